The van der Waals surface area contributed by atoms with Crippen molar-refractivity contribution in [3.8, 4) is 0 Å². The third-order valence-corrected chi connectivity index (χ3v) is 3.37. The van der Waals surface area contributed by atoms with E-state index in [1.807, 2.05) is 11.1 Å². The van der Waals surface area contributed by atoms with Crippen molar-refractivity contribution in [2.45, 2.75) is 25.4 Å². The Morgan fingerprint density at radius 1 is 1.38 bits per heavy atom. The lowest BCUT2D eigenvalue weighted by Crippen LogP contribution is -2.44. The van der Waals surface area contributed by atoms with Gasteiger partial charge in [0.2, 0.25) is 5.91 Å². The monoisotopic (exact) mass is 220 g/mol. The molecule has 0 spiro atoms. The average molecular weight is 220 g/mol. The maximum absolute atomic E-state index is 12.3. The van der Waals surface area contributed by atoms with Crippen LogP contribution in [-0.2, 0) is 11.3 Å². The average Bonchev–Trinajstić information content (AvgIpc) is 2.98. The number of nitrogens with one attached hydrogen (secondary N) is 1. The number of hydrogen-bond donors (Lipinski definition) is 1. The molecule has 2 aliphatic heterocycles. The van der Waals surface area contributed by atoms with Gasteiger partial charge in [0.25, 0.3) is 0 Å². The molecule has 1 atom stereocenters. The van der Waals surface area contributed by atoms with Crippen LogP contribution >= 0.6 is 0 Å². The third-order valence-electron chi connectivity index (χ3n) is 3.37. The largest absolute Gasteiger partial charge is 0.341 e. The highest BCUT2D eigenvalue weighted by molar-refractivity contribution is 5.82. The summed E-state index contributed by atoms with van der Waals surface area (Å²) in [5.74, 6) is 1.05. The van der Waals surface area contributed by atoms with Gasteiger partial charge in [0.1, 0.15) is 11.9 Å². The minimum absolute atomic E-state index is 0.185. The predicted octanol–water partition coefficient (Wildman–Crippen LogP) is 0.150. The molecule has 1 aromatic heterocycles. The number of imidazole rings is 1. The minimum atomic E-state index is -0.234. The normalized spacial score (nSPS) is 24.5. The van der Waals surface area contributed by atoms with Gasteiger partial charge in [-0.2, -0.15) is 0 Å². The van der Waals surface area contributed by atoms with Crippen LogP contribution in [0.4, 0.5) is 0 Å². The molecule has 16 heavy (non-hydrogen) atoms. The first kappa shape index (κ1) is 9.84. The third kappa shape index (κ3) is 1.51. The van der Waals surface area contributed by atoms with Gasteiger partial charge in [0, 0.05) is 38.6 Å². The minimum Gasteiger partial charge on any atom is -0.341 e. The van der Waals surface area contributed by atoms with Crippen molar-refractivity contribution >= 4 is 5.91 Å². The van der Waals surface area contributed by atoms with E-state index in [1.54, 1.807) is 6.20 Å². The summed E-state index contributed by atoms with van der Waals surface area (Å²) in [7, 11) is 0. The molecule has 3 heterocycles. The van der Waals surface area contributed by atoms with E-state index in [0.717, 1.165) is 44.8 Å². The molecule has 3 rings (SSSR count). The number of hydrogen-bond acceptors (Lipinski definition) is 3. The Bertz CT molecular complexity index is 394. The van der Waals surface area contributed by atoms with E-state index in [9.17, 15) is 4.79 Å². The van der Waals surface area contributed by atoms with Gasteiger partial charge in [-0.15, -0.1) is 0 Å². The summed E-state index contributed by atoms with van der Waals surface area (Å²) in [6.07, 6.45) is 5.98. The standard InChI is InChI=1S/C11H16N4O/c16-11(15-5-1-2-6-15)9-10-13-4-8-14(10)7-3-12-9/h4,8-9,12H,1-3,5-7H2/t9-/m1/s1. The molecule has 5 nitrogen and oxygen atoms in total. The first-order chi connectivity index (χ1) is 7.86. The van der Waals surface area contributed by atoms with Gasteiger partial charge >= 0.3 is 0 Å². The van der Waals surface area contributed by atoms with Gasteiger partial charge in [-0.3, -0.25) is 10.1 Å². The van der Waals surface area contributed by atoms with Crippen molar-refractivity contribution < 1.29 is 4.79 Å². The van der Waals surface area contributed by atoms with Gasteiger partial charge in [-0.1, -0.05) is 0 Å². The second kappa shape index (κ2) is 3.90. The zero-order valence-corrected chi connectivity index (χ0v) is 9.22. The summed E-state index contributed by atoms with van der Waals surface area (Å²) >= 11 is 0. The number of amides is 1. The first-order valence-corrected chi connectivity index (χ1v) is 5.89. The molecule has 86 valence electrons. The maximum Gasteiger partial charge on any atom is 0.247 e. The lowest BCUT2D eigenvalue weighted by Gasteiger charge is -2.27. The molecule has 2 aliphatic rings. The van der Waals surface area contributed by atoms with E-state index in [4.69, 9.17) is 0 Å². The predicted molar refractivity (Wildman–Crippen MR) is 58.8 cm³/mol. The molecule has 1 aromatic rings. The number of carbonyl (C=O) groups excluding carboxylic acids is 1. The Kier molecular flexibility index (Phi) is 2.40. The smallest absolute Gasteiger partial charge is 0.247 e. The number of rotatable bonds is 1. The highest BCUT2D eigenvalue weighted by Gasteiger charge is 2.32. The van der Waals surface area contributed by atoms with E-state index < -0.39 is 0 Å². The van der Waals surface area contributed by atoms with Gasteiger partial charge in [-0.25, -0.2) is 4.98 Å². The lowest BCUT2D eigenvalue weighted by atomic mass is 10.2. The molecule has 1 fully saturated rings. The van der Waals surface area contributed by atoms with Crippen molar-refractivity contribution in [1.82, 2.24) is 19.8 Å². The van der Waals surface area contributed by atoms with Crippen LogP contribution in [-0.4, -0.2) is 40.0 Å². The number of nitrogens with zero attached hydrogens (tertiary/aromatic N) is 3. The molecule has 0 unspecified atom stereocenters. The number of aromatic nitrogens is 2. The van der Waals surface area contributed by atoms with Crippen LogP contribution in [0, 0.1) is 0 Å². The van der Waals surface area contributed by atoms with Crippen molar-refractivity contribution in [1.29, 1.82) is 0 Å². The molecule has 0 radical (unpaired) electrons. The highest BCUT2D eigenvalue weighted by atomic mass is 16.2. The van der Waals surface area contributed by atoms with Gasteiger partial charge in [-0.05, 0) is 12.8 Å². The Hall–Kier alpha value is -1.36. The molecule has 1 amide bonds. The first-order valence-electron chi connectivity index (χ1n) is 5.89. The summed E-state index contributed by atoms with van der Waals surface area (Å²) in [6, 6.07) is -0.234. The van der Waals surface area contributed by atoms with Crippen LogP contribution in [0.1, 0.15) is 24.7 Å². The summed E-state index contributed by atoms with van der Waals surface area (Å²) in [5, 5.41) is 3.26. The van der Waals surface area contributed by atoms with Crippen LogP contribution in [0.15, 0.2) is 12.4 Å². The second-order valence-corrected chi connectivity index (χ2v) is 4.40. The fourth-order valence-corrected chi connectivity index (χ4v) is 2.51. The van der Waals surface area contributed by atoms with E-state index in [1.165, 1.54) is 0 Å². The summed E-state index contributed by atoms with van der Waals surface area (Å²) in [4.78, 5) is 18.5. The molecule has 0 aromatic carbocycles. The molecule has 0 bridgehead atoms. The van der Waals surface area contributed by atoms with Crippen molar-refractivity contribution in [3.63, 3.8) is 0 Å². The van der Waals surface area contributed by atoms with Crippen LogP contribution in [0.25, 0.3) is 0 Å². The lowest BCUT2D eigenvalue weighted by molar-refractivity contribution is -0.133. The van der Waals surface area contributed by atoms with E-state index >= 15 is 0 Å². The summed E-state index contributed by atoms with van der Waals surface area (Å²) < 4.78 is 2.06. The Labute approximate surface area is 94.4 Å². The van der Waals surface area contributed by atoms with Gasteiger partial charge in [0.15, 0.2) is 0 Å². The molecular formula is C11H16N4O. The molecule has 0 saturated carbocycles. The van der Waals surface area contributed by atoms with E-state index in [0.29, 0.717) is 0 Å². The Morgan fingerprint density at radius 3 is 3.00 bits per heavy atom. The Balaban J connectivity index is 1.83. The molecule has 1 saturated heterocycles. The summed E-state index contributed by atoms with van der Waals surface area (Å²) in [6.45, 7) is 3.54. The molecular weight excluding hydrogens is 204 g/mol. The second-order valence-electron chi connectivity index (χ2n) is 4.40. The van der Waals surface area contributed by atoms with Crippen LogP contribution in [0.2, 0.25) is 0 Å². The SMILES string of the molecule is O=C([C@@H]1NCCn2ccnc21)N1CCCC1. The van der Waals surface area contributed by atoms with Crippen LogP contribution in [0.3, 0.4) is 0 Å². The zero-order chi connectivity index (χ0) is 11.0. The van der Waals surface area contributed by atoms with E-state index in [-0.39, 0.29) is 11.9 Å². The maximum atomic E-state index is 12.3. The van der Waals surface area contributed by atoms with Gasteiger partial charge < -0.3 is 9.47 Å². The Morgan fingerprint density at radius 2 is 2.19 bits per heavy atom. The number of likely N-dealkylation sites (tertiary alicyclic amines) is 1. The number of carbonyl (C=O) groups is 1. The topological polar surface area (TPSA) is 50.2 Å². The fraction of sp³-hybridized carbons (Fsp3) is 0.636. The zero-order valence-electron chi connectivity index (χ0n) is 9.22. The van der Waals surface area contributed by atoms with Crippen molar-refractivity contribution in [2.24, 2.45) is 0 Å². The highest BCUT2D eigenvalue weighted by Crippen LogP contribution is 2.20. The quantitative estimate of drug-likeness (QED) is 0.733. The van der Waals surface area contributed by atoms with Crippen molar-refractivity contribution in [2.75, 3.05) is 19.6 Å². The summed E-state index contributed by atoms with van der Waals surface area (Å²) in [5.41, 5.74) is 0. The molecule has 0 aliphatic carbocycles. The van der Waals surface area contributed by atoms with Crippen LogP contribution in [0.5, 0.6) is 0 Å². The van der Waals surface area contributed by atoms with Crippen LogP contribution < -0.4 is 5.32 Å². The fourth-order valence-electron chi connectivity index (χ4n) is 2.51. The molecule has 1 N–H and O–H groups in total. The van der Waals surface area contributed by atoms with Gasteiger partial charge in [0.05, 0.1) is 0 Å². The number of fused-ring (bicyclic) bond motifs is 1. The van der Waals surface area contributed by atoms with E-state index in [2.05, 4.69) is 14.9 Å². The molecule has 5 heteroatoms. The van der Waals surface area contributed by atoms with Crippen molar-refractivity contribution in [3.05, 3.63) is 18.2 Å².